The highest BCUT2D eigenvalue weighted by Crippen LogP contribution is 2.27. The molecule has 1 fully saturated rings. The van der Waals surface area contributed by atoms with Gasteiger partial charge >= 0.3 is 6.09 Å². The Balaban J connectivity index is 1.29. The van der Waals surface area contributed by atoms with Crippen LogP contribution in [0.5, 0.6) is 11.6 Å². The summed E-state index contributed by atoms with van der Waals surface area (Å²) in [5, 5.41) is 10.5. The normalized spacial score (nSPS) is 14.5. The number of hydrogen-bond acceptors (Lipinski definition) is 7. The van der Waals surface area contributed by atoms with Crippen molar-refractivity contribution >= 4 is 18.3 Å². The molecule has 0 aliphatic carbocycles. The lowest BCUT2D eigenvalue weighted by atomic mass is 10.1. The number of H-pyrrole nitrogens is 1. The van der Waals surface area contributed by atoms with Gasteiger partial charge in [0.2, 0.25) is 5.88 Å². The summed E-state index contributed by atoms with van der Waals surface area (Å²) >= 11 is 5.32. The summed E-state index contributed by atoms with van der Waals surface area (Å²) in [5.41, 5.74) is 2.89. The first-order valence-electron chi connectivity index (χ1n) is 11.4. The third kappa shape index (κ3) is 5.45. The maximum atomic E-state index is 12.6. The Morgan fingerprint density at radius 2 is 1.91 bits per heavy atom. The maximum absolute atomic E-state index is 12.6. The first-order valence-corrected chi connectivity index (χ1v) is 11.8. The number of aryl methyl sites for hydroxylation is 1. The van der Waals surface area contributed by atoms with Crippen molar-refractivity contribution in [2.45, 2.75) is 33.1 Å². The van der Waals surface area contributed by atoms with Crippen LogP contribution in [0.1, 0.15) is 36.7 Å². The lowest BCUT2D eigenvalue weighted by Crippen LogP contribution is -2.49. The Morgan fingerprint density at radius 3 is 2.50 bits per heavy atom. The van der Waals surface area contributed by atoms with Gasteiger partial charge in [-0.15, -0.1) is 0 Å². The molecule has 0 spiro atoms. The number of rotatable bonds is 6. The smallest absolute Gasteiger partial charge is 0.415 e. The van der Waals surface area contributed by atoms with Crippen LogP contribution in [0.15, 0.2) is 36.7 Å². The zero-order chi connectivity index (χ0) is 24.2. The number of carbonyl (C=O) groups excluding carboxylic acids is 1. The number of ether oxygens (including phenoxy) is 1. The molecular weight excluding hydrogens is 452 g/mol. The zero-order valence-electron chi connectivity index (χ0n) is 19.7. The van der Waals surface area contributed by atoms with Gasteiger partial charge in [0, 0.05) is 51.0 Å². The quantitative estimate of drug-likeness (QED) is 0.515. The second-order valence-corrected chi connectivity index (χ2v) is 9.17. The summed E-state index contributed by atoms with van der Waals surface area (Å²) < 4.78 is 7.33. The summed E-state index contributed by atoms with van der Waals surface area (Å²) in [7, 11) is 0. The van der Waals surface area contributed by atoms with Crippen molar-refractivity contribution in [3.63, 3.8) is 0 Å². The molecule has 0 aromatic carbocycles. The van der Waals surface area contributed by atoms with Gasteiger partial charge in [0.1, 0.15) is 5.82 Å². The molecule has 4 heterocycles. The van der Waals surface area contributed by atoms with E-state index < -0.39 is 6.09 Å². The molecule has 10 heteroatoms. The van der Waals surface area contributed by atoms with Crippen LogP contribution in [-0.4, -0.2) is 73.2 Å². The first kappa shape index (κ1) is 23.9. The van der Waals surface area contributed by atoms with Crippen LogP contribution in [0.25, 0.3) is 5.82 Å². The first-order chi connectivity index (χ1) is 16.3. The Morgan fingerprint density at radius 1 is 1.15 bits per heavy atom. The highest BCUT2D eigenvalue weighted by molar-refractivity contribution is 7.71. The minimum atomic E-state index is -0.391. The van der Waals surface area contributed by atoms with E-state index in [4.69, 9.17) is 17.0 Å². The average Bonchev–Trinajstić information content (AvgIpc) is 3.13. The standard InChI is InChI=1S/C24H30N6O3S/c1-16(2)21-22(31)30(23(34)27-21)20-7-6-19(15-26-20)33-24(32)29-12-10-28(11-13-29)9-8-18-5-4-17(3)14-25-18/h4-7,14-16,31H,8-13H2,1-3H3,(H,27,34). The Bertz CT molecular complexity index is 1180. The number of nitrogens with zero attached hydrogens (tertiary/aromatic N) is 5. The second kappa shape index (κ2) is 10.4. The fourth-order valence-electron chi connectivity index (χ4n) is 3.86. The molecule has 9 nitrogen and oxygen atoms in total. The highest BCUT2D eigenvalue weighted by Gasteiger charge is 2.23. The van der Waals surface area contributed by atoms with Crippen LogP contribution >= 0.6 is 12.2 Å². The number of aromatic amines is 1. The van der Waals surface area contributed by atoms with E-state index in [-0.39, 0.29) is 11.8 Å². The van der Waals surface area contributed by atoms with Gasteiger partial charge in [-0.2, -0.15) is 0 Å². The SMILES string of the molecule is Cc1ccc(CCN2CCN(C(=O)Oc3ccc(-n4c(O)c(C(C)C)[nH]c4=S)nc3)CC2)nc1. The minimum Gasteiger partial charge on any atom is -0.493 e. The molecule has 1 saturated heterocycles. The van der Waals surface area contributed by atoms with Crippen LogP contribution < -0.4 is 4.74 Å². The molecule has 1 aliphatic heterocycles. The van der Waals surface area contributed by atoms with Crippen LogP contribution in [0.4, 0.5) is 4.79 Å². The highest BCUT2D eigenvalue weighted by atomic mass is 32.1. The fraction of sp³-hybridized carbons (Fsp3) is 0.417. The molecule has 1 aliphatic rings. The van der Waals surface area contributed by atoms with Crippen molar-refractivity contribution in [2.75, 3.05) is 32.7 Å². The van der Waals surface area contributed by atoms with Crippen LogP contribution in [0, 0.1) is 11.7 Å². The molecular formula is C24H30N6O3S. The van der Waals surface area contributed by atoms with Crippen molar-refractivity contribution in [3.8, 4) is 17.4 Å². The predicted molar refractivity (Wildman–Crippen MR) is 131 cm³/mol. The van der Waals surface area contributed by atoms with E-state index in [0.29, 0.717) is 35.1 Å². The molecule has 180 valence electrons. The second-order valence-electron chi connectivity index (χ2n) is 8.78. The molecule has 0 bridgehead atoms. The number of imidazole rings is 1. The third-order valence-electron chi connectivity index (χ3n) is 5.92. The summed E-state index contributed by atoms with van der Waals surface area (Å²) in [6.45, 7) is 9.67. The van der Waals surface area contributed by atoms with Crippen molar-refractivity contribution in [3.05, 3.63) is 58.4 Å². The fourth-order valence-corrected chi connectivity index (χ4v) is 4.15. The van der Waals surface area contributed by atoms with Gasteiger partial charge in [-0.25, -0.2) is 14.3 Å². The van der Waals surface area contributed by atoms with Gasteiger partial charge in [-0.05, 0) is 48.8 Å². The van der Waals surface area contributed by atoms with E-state index in [9.17, 15) is 9.90 Å². The number of piperazine rings is 1. The van der Waals surface area contributed by atoms with E-state index in [2.05, 4.69) is 32.0 Å². The molecule has 4 rings (SSSR count). The van der Waals surface area contributed by atoms with Gasteiger partial charge in [0.15, 0.2) is 10.5 Å². The van der Waals surface area contributed by atoms with E-state index in [0.717, 1.165) is 37.3 Å². The summed E-state index contributed by atoms with van der Waals surface area (Å²) in [5.74, 6) is 0.908. The van der Waals surface area contributed by atoms with Crippen molar-refractivity contribution in [1.82, 2.24) is 29.3 Å². The van der Waals surface area contributed by atoms with Crippen molar-refractivity contribution in [2.24, 2.45) is 0 Å². The van der Waals surface area contributed by atoms with Gasteiger partial charge < -0.3 is 19.7 Å². The van der Waals surface area contributed by atoms with E-state index in [1.807, 2.05) is 27.0 Å². The Labute approximate surface area is 204 Å². The van der Waals surface area contributed by atoms with Crippen LogP contribution in [-0.2, 0) is 6.42 Å². The number of carbonyl (C=O) groups is 1. The number of amides is 1. The summed E-state index contributed by atoms with van der Waals surface area (Å²) in [6.07, 6.45) is 3.85. The molecule has 0 atom stereocenters. The lowest BCUT2D eigenvalue weighted by molar-refractivity contribution is 0.111. The van der Waals surface area contributed by atoms with E-state index in [1.54, 1.807) is 17.0 Å². The summed E-state index contributed by atoms with van der Waals surface area (Å²) in [6, 6.07) is 7.45. The number of aromatic nitrogens is 4. The predicted octanol–water partition coefficient (Wildman–Crippen LogP) is 3.82. The Hall–Kier alpha value is -3.24. The molecule has 3 aromatic heterocycles. The third-order valence-corrected chi connectivity index (χ3v) is 6.20. The number of nitrogens with one attached hydrogen (secondary N) is 1. The zero-order valence-corrected chi connectivity index (χ0v) is 20.5. The molecule has 0 radical (unpaired) electrons. The van der Waals surface area contributed by atoms with Crippen LogP contribution in [0.3, 0.4) is 0 Å². The summed E-state index contributed by atoms with van der Waals surface area (Å²) in [4.78, 5) is 28.4. The number of hydrogen-bond donors (Lipinski definition) is 2. The van der Waals surface area contributed by atoms with E-state index >= 15 is 0 Å². The molecule has 1 amide bonds. The molecule has 0 unspecified atom stereocenters. The molecule has 3 aromatic rings. The van der Waals surface area contributed by atoms with Crippen molar-refractivity contribution in [1.29, 1.82) is 0 Å². The van der Waals surface area contributed by atoms with Gasteiger partial charge in [0.25, 0.3) is 0 Å². The topological polar surface area (TPSA) is 99.5 Å². The average molecular weight is 483 g/mol. The largest absolute Gasteiger partial charge is 0.493 e. The Kier molecular flexibility index (Phi) is 7.28. The van der Waals surface area contributed by atoms with Crippen molar-refractivity contribution < 1.29 is 14.6 Å². The van der Waals surface area contributed by atoms with E-state index in [1.165, 1.54) is 10.8 Å². The van der Waals surface area contributed by atoms with Gasteiger partial charge in [-0.3, -0.25) is 9.88 Å². The monoisotopic (exact) mass is 482 g/mol. The minimum absolute atomic E-state index is 0.0354. The maximum Gasteiger partial charge on any atom is 0.415 e. The molecule has 2 N–H and O–H groups in total. The lowest BCUT2D eigenvalue weighted by Gasteiger charge is -2.33. The molecule has 34 heavy (non-hydrogen) atoms. The van der Waals surface area contributed by atoms with Gasteiger partial charge in [0.05, 0.1) is 11.9 Å². The molecule has 0 saturated carbocycles. The number of aromatic hydroxyl groups is 1. The van der Waals surface area contributed by atoms with Gasteiger partial charge in [-0.1, -0.05) is 19.9 Å². The van der Waals surface area contributed by atoms with Crippen LogP contribution in [0.2, 0.25) is 0 Å². The number of pyridine rings is 2.